The van der Waals surface area contributed by atoms with E-state index in [1.807, 2.05) is 4.90 Å². The summed E-state index contributed by atoms with van der Waals surface area (Å²) in [4.78, 5) is 30.8. The van der Waals surface area contributed by atoms with Crippen LogP contribution in [0, 0.1) is 10.1 Å². The number of nitrogens with one attached hydrogen (secondary N) is 1. The molecular formula is C21H19F3N6O4. The van der Waals surface area contributed by atoms with Crippen LogP contribution in [0.15, 0.2) is 53.1 Å². The number of rotatable bonds is 5. The predicted octanol–water partition coefficient (Wildman–Crippen LogP) is 4.01. The lowest BCUT2D eigenvalue weighted by atomic mass is 10.1. The highest BCUT2D eigenvalue weighted by Crippen LogP contribution is 2.31. The lowest BCUT2D eigenvalue weighted by Gasteiger charge is -2.33. The first-order chi connectivity index (χ1) is 16.2. The highest BCUT2D eigenvalue weighted by Gasteiger charge is 2.31. The van der Waals surface area contributed by atoms with Gasteiger partial charge >= 0.3 is 12.2 Å². The summed E-state index contributed by atoms with van der Waals surface area (Å²) in [6.07, 6.45) is -4.47. The molecule has 0 radical (unpaired) electrons. The average molecular weight is 476 g/mol. The molecule has 1 aliphatic rings. The first kappa shape index (κ1) is 23.2. The van der Waals surface area contributed by atoms with E-state index < -0.39 is 22.7 Å². The van der Waals surface area contributed by atoms with Crippen LogP contribution in [-0.2, 0) is 12.7 Å². The fourth-order valence-electron chi connectivity index (χ4n) is 3.50. The van der Waals surface area contributed by atoms with Crippen molar-refractivity contribution in [1.82, 2.24) is 19.9 Å². The Bertz CT molecular complexity index is 1190. The van der Waals surface area contributed by atoms with E-state index in [2.05, 4.69) is 15.5 Å². The third kappa shape index (κ3) is 5.31. The molecule has 0 atom stereocenters. The largest absolute Gasteiger partial charge is 0.416 e. The third-order valence-corrected chi connectivity index (χ3v) is 5.28. The minimum Gasteiger partial charge on any atom is -0.338 e. The van der Waals surface area contributed by atoms with Crippen molar-refractivity contribution in [2.45, 2.75) is 12.7 Å². The fraction of sp³-hybridized carbons (Fsp3) is 0.286. The topological polar surface area (TPSA) is 118 Å². The molecule has 4 rings (SSSR count). The number of benzene rings is 2. The molecule has 2 heterocycles. The summed E-state index contributed by atoms with van der Waals surface area (Å²) in [5, 5.41) is 17.5. The molecular weight excluding hydrogens is 457 g/mol. The van der Waals surface area contributed by atoms with Gasteiger partial charge in [0.15, 0.2) is 0 Å². The molecule has 1 aliphatic heterocycles. The van der Waals surface area contributed by atoms with Crippen LogP contribution < -0.4 is 5.32 Å². The van der Waals surface area contributed by atoms with Gasteiger partial charge in [-0.15, -0.1) is 0 Å². The van der Waals surface area contributed by atoms with Crippen LogP contribution in [0.2, 0.25) is 0 Å². The minimum atomic E-state index is -4.47. The Hall–Kier alpha value is -4.00. The normalized spacial score (nSPS) is 14.7. The molecule has 1 aromatic heterocycles. The number of nitrogens with zero attached hydrogens (tertiary/aromatic N) is 5. The highest BCUT2D eigenvalue weighted by molar-refractivity contribution is 5.91. The minimum absolute atomic E-state index is 0.0589. The zero-order valence-electron chi connectivity index (χ0n) is 17.7. The van der Waals surface area contributed by atoms with Crippen molar-refractivity contribution in [3.63, 3.8) is 0 Å². The smallest absolute Gasteiger partial charge is 0.338 e. The molecule has 178 valence electrons. The van der Waals surface area contributed by atoms with Crippen molar-refractivity contribution in [2.24, 2.45) is 0 Å². The molecule has 0 spiro atoms. The molecule has 1 N–H and O–H groups in total. The van der Waals surface area contributed by atoms with Crippen molar-refractivity contribution in [2.75, 3.05) is 31.5 Å². The average Bonchev–Trinajstić information content (AvgIpc) is 3.28. The fourth-order valence-corrected chi connectivity index (χ4v) is 3.50. The summed E-state index contributed by atoms with van der Waals surface area (Å²) in [6.45, 7) is 1.95. The van der Waals surface area contributed by atoms with Gasteiger partial charge < -0.3 is 14.7 Å². The van der Waals surface area contributed by atoms with Crippen LogP contribution in [0.25, 0.3) is 11.4 Å². The number of alkyl halides is 3. The number of amides is 2. The number of piperazine rings is 1. The van der Waals surface area contributed by atoms with Crippen LogP contribution in [0.5, 0.6) is 0 Å². The monoisotopic (exact) mass is 476 g/mol. The Morgan fingerprint density at radius 1 is 1.12 bits per heavy atom. The number of hydrogen-bond acceptors (Lipinski definition) is 7. The zero-order valence-corrected chi connectivity index (χ0v) is 17.7. The number of nitro benzene ring substituents is 1. The number of nitro groups is 1. The molecule has 1 fully saturated rings. The molecule has 0 unspecified atom stereocenters. The Morgan fingerprint density at radius 2 is 1.85 bits per heavy atom. The molecule has 10 nitrogen and oxygen atoms in total. The van der Waals surface area contributed by atoms with Crippen molar-refractivity contribution < 1.29 is 27.4 Å². The van der Waals surface area contributed by atoms with Gasteiger partial charge in [0, 0.05) is 37.8 Å². The van der Waals surface area contributed by atoms with Crippen LogP contribution >= 0.6 is 0 Å². The van der Waals surface area contributed by atoms with Gasteiger partial charge in [0.2, 0.25) is 11.7 Å². The molecule has 0 bridgehead atoms. The van der Waals surface area contributed by atoms with Crippen LogP contribution in [0.4, 0.5) is 29.3 Å². The maximum atomic E-state index is 12.9. The molecule has 34 heavy (non-hydrogen) atoms. The highest BCUT2D eigenvalue weighted by atomic mass is 19.4. The molecule has 13 heteroatoms. The van der Waals surface area contributed by atoms with E-state index in [4.69, 9.17) is 4.52 Å². The number of hydrogen-bond donors (Lipinski definition) is 1. The Morgan fingerprint density at radius 3 is 2.56 bits per heavy atom. The van der Waals surface area contributed by atoms with E-state index in [-0.39, 0.29) is 35.2 Å². The molecule has 2 amide bonds. The SMILES string of the molecule is O=C(Nc1ccccc1[N+](=O)[O-])N1CCN(Cc2nc(-c3cccc(C(F)(F)F)c3)no2)CC1. The van der Waals surface area contributed by atoms with Crippen LogP contribution in [-0.4, -0.2) is 57.1 Å². The maximum absolute atomic E-state index is 12.9. The number of halogens is 3. The van der Waals surface area contributed by atoms with Gasteiger partial charge in [0.1, 0.15) is 5.69 Å². The van der Waals surface area contributed by atoms with Crippen molar-refractivity contribution in [1.29, 1.82) is 0 Å². The van der Waals surface area contributed by atoms with E-state index >= 15 is 0 Å². The molecule has 0 aliphatic carbocycles. The van der Waals surface area contributed by atoms with Crippen molar-refractivity contribution >= 4 is 17.4 Å². The molecule has 3 aromatic rings. The summed E-state index contributed by atoms with van der Waals surface area (Å²) < 4.78 is 44.0. The summed E-state index contributed by atoms with van der Waals surface area (Å²) in [6, 6.07) is 10.1. The van der Waals surface area contributed by atoms with E-state index in [1.54, 1.807) is 6.07 Å². The summed E-state index contributed by atoms with van der Waals surface area (Å²) in [7, 11) is 0. The lowest BCUT2D eigenvalue weighted by molar-refractivity contribution is -0.383. The first-order valence-corrected chi connectivity index (χ1v) is 10.2. The Labute approximate surface area is 191 Å². The standard InChI is InChI=1S/C21H19F3N6O4/c22-21(23,24)15-5-3-4-14(12-15)19-26-18(34-27-19)13-28-8-10-29(11-9-28)20(31)25-16-6-1-2-7-17(16)30(32)33/h1-7,12H,8-11,13H2,(H,25,31). The van der Waals surface area contributed by atoms with E-state index in [0.717, 1.165) is 12.1 Å². The van der Waals surface area contributed by atoms with Crippen molar-refractivity contribution in [3.05, 3.63) is 70.1 Å². The second-order valence-corrected chi connectivity index (χ2v) is 7.56. The predicted molar refractivity (Wildman–Crippen MR) is 114 cm³/mol. The van der Waals surface area contributed by atoms with Gasteiger partial charge in [-0.2, -0.15) is 18.2 Å². The Balaban J connectivity index is 1.33. The van der Waals surface area contributed by atoms with Crippen LogP contribution in [0.3, 0.4) is 0 Å². The summed E-state index contributed by atoms with van der Waals surface area (Å²) in [5.41, 5.74) is -0.678. The van der Waals surface area contributed by atoms with Crippen molar-refractivity contribution in [3.8, 4) is 11.4 Å². The zero-order chi connectivity index (χ0) is 24.3. The number of carbonyl (C=O) groups is 1. The first-order valence-electron chi connectivity index (χ1n) is 10.2. The summed E-state index contributed by atoms with van der Waals surface area (Å²) >= 11 is 0. The van der Waals surface area contributed by atoms with Gasteiger partial charge in [0.25, 0.3) is 5.69 Å². The lowest BCUT2D eigenvalue weighted by Crippen LogP contribution is -2.49. The number of carbonyl (C=O) groups excluding carboxylic acids is 1. The van der Waals surface area contributed by atoms with E-state index in [1.165, 1.54) is 35.2 Å². The van der Waals surface area contributed by atoms with E-state index in [9.17, 15) is 28.1 Å². The van der Waals surface area contributed by atoms with Crippen LogP contribution in [0.1, 0.15) is 11.5 Å². The number of anilines is 1. The van der Waals surface area contributed by atoms with Gasteiger partial charge in [-0.05, 0) is 18.2 Å². The van der Waals surface area contributed by atoms with Gasteiger partial charge in [-0.25, -0.2) is 4.79 Å². The maximum Gasteiger partial charge on any atom is 0.416 e. The quantitative estimate of drug-likeness (QED) is 0.437. The summed E-state index contributed by atoms with van der Waals surface area (Å²) in [5.74, 6) is 0.300. The second kappa shape index (κ2) is 9.47. The molecule has 0 saturated carbocycles. The number of aromatic nitrogens is 2. The third-order valence-electron chi connectivity index (χ3n) is 5.28. The van der Waals surface area contributed by atoms with Gasteiger partial charge in [0.05, 0.1) is 17.0 Å². The Kier molecular flexibility index (Phi) is 6.45. The second-order valence-electron chi connectivity index (χ2n) is 7.56. The van der Waals surface area contributed by atoms with Gasteiger partial charge in [-0.3, -0.25) is 15.0 Å². The van der Waals surface area contributed by atoms with Gasteiger partial charge in [-0.1, -0.05) is 29.4 Å². The molecule has 1 saturated heterocycles. The number of urea groups is 1. The number of para-hydroxylation sites is 2. The van der Waals surface area contributed by atoms with E-state index in [0.29, 0.717) is 26.2 Å². The molecule has 2 aromatic carbocycles.